The minimum absolute atomic E-state index is 0.0252. The molecule has 1 aliphatic heterocycles. The van der Waals surface area contributed by atoms with Crippen LogP contribution >= 0.6 is 0 Å². The molecular weight excluding hydrogens is 204 g/mol. The summed E-state index contributed by atoms with van der Waals surface area (Å²) >= 11 is 0. The molecule has 3 nitrogen and oxygen atoms in total. The van der Waals surface area contributed by atoms with Gasteiger partial charge < -0.3 is 9.15 Å². The molecule has 0 unspecified atom stereocenters. The zero-order valence-corrected chi connectivity index (χ0v) is 8.97. The molecule has 0 bridgehead atoms. The first-order valence-electron chi connectivity index (χ1n) is 5.01. The monoisotopic (exact) mass is 216 g/mol. The fourth-order valence-electron chi connectivity index (χ4n) is 1.54. The molecule has 82 valence electrons. The highest BCUT2D eigenvalue weighted by Gasteiger charge is 2.03. The van der Waals surface area contributed by atoms with Crippen LogP contribution in [0.15, 0.2) is 35.1 Å². The van der Waals surface area contributed by atoms with Gasteiger partial charge in [0.2, 0.25) is 0 Å². The van der Waals surface area contributed by atoms with E-state index in [0.29, 0.717) is 12.2 Å². The van der Waals surface area contributed by atoms with Crippen LogP contribution in [0.3, 0.4) is 0 Å². The van der Waals surface area contributed by atoms with Gasteiger partial charge in [0.05, 0.1) is 18.1 Å². The van der Waals surface area contributed by atoms with E-state index >= 15 is 0 Å². The summed E-state index contributed by atoms with van der Waals surface area (Å²) in [4.78, 5) is 11.5. The second-order valence-corrected chi connectivity index (χ2v) is 3.44. The second-order valence-electron chi connectivity index (χ2n) is 3.44. The fourth-order valence-corrected chi connectivity index (χ4v) is 1.54. The number of carbonyl (C=O) groups excluding carboxylic acids is 1. The summed E-state index contributed by atoms with van der Waals surface area (Å²) in [6.45, 7) is 2.00. The first-order chi connectivity index (χ1) is 7.79. The highest BCUT2D eigenvalue weighted by Crippen LogP contribution is 1.92. The Kier molecular flexibility index (Phi) is 3.05. The number of hydrogen-bond donors (Lipinski definition) is 0. The Balaban J connectivity index is 2.92. The predicted octanol–water partition coefficient (Wildman–Crippen LogP) is 1.16. The van der Waals surface area contributed by atoms with Crippen LogP contribution in [0.4, 0.5) is 0 Å². The van der Waals surface area contributed by atoms with Gasteiger partial charge in [-0.15, -0.1) is 0 Å². The summed E-state index contributed by atoms with van der Waals surface area (Å²) < 4.78 is 10.4. The van der Waals surface area contributed by atoms with Gasteiger partial charge in [0.1, 0.15) is 12.9 Å². The molecule has 1 aromatic heterocycles. The summed E-state index contributed by atoms with van der Waals surface area (Å²) in [6, 6.07) is 5.48. The van der Waals surface area contributed by atoms with Gasteiger partial charge in [0.15, 0.2) is 5.78 Å². The first-order valence-corrected chi connectivity index (χ1v) is 5.01. The summed E-state index contributed by atoms with van der Waals surface area (Å²) in [5.41, 5.74) is 0.561. The average molecular weight is 216 g/mol. The van der Waals surface area contributed by atoms with Gasteiger partial charge in [-0.1, -0.05) is 12.1 Å². The van der Waals surface area contributed by atoms with Crippen LogP contribution in [0.2, 0.25) is 0 Å². The second kappa shape index (κ2) is 4.66. The number of hydrogen-bond acceptors (Lipinski definition) is 3. The molecule has 0 saturated heterocycles. The lowest BCUT2D eigenvalue weighted by Gasteiger charge is -2.02. The normalized spacial score (nSPS) is 12.3. The van der Waals surface area contributed by atoms with Crippen molar-refractivity contribution in [2.45, 2.75) is 6.92 Å². The van der Waals surface area contributed by atoms with Crippen LogP contribution in [0, 0.1) is 0 Å². The standard InChI is InChI=1S/C13H12O3/c1-10(14)13-9-15-6-3-2-4-11-8-16-7-5-12(11)13/h2-6,8-9H,7H2,1H3. The molecular formula is C13H12O3. The van der Waals surface area contributed by atoms with Crippen LogP contribution in [0.25, 0.3) is 12.3 Å². The van der Waals surface area contributed by atoms with Gasteiger partial charge in [-0.3, -0.25) is 4.79 Å². The number of ether oxygens (including phenoxy) is 1. The fraction of sp³-hybridized carbons (Fsp3) is 0.154. The molecule has 0 fully saturated rings. The van der Waals surface area contributed by atoms with Gasteiger partial charge in [-0.25, -0.2) is 0 Å². The Morgan fingerprint density at radius 2 is 2.25 bits per heavy atom. The van der Waals surface area contributed by atoms with E-state index in [0.717, 1.165) is 10.4 Å². The van der Waals surface area contributed by atoms with Crippen LogP contribution in [-0.4, -0.2) is 12.4 Å². The molecule has 1 aromatic rings. The Labute approximate surface area is 93.0 Å². The third kappa shape index (κ3) is 2.14. The Morgan fingerprint density at radius 1 is 1.38 bits per heavy atom. The van der Waals surface area contributed by atoms with Crippen molar-refractivity contribution in [1.82, 2.24) is 0 Å². The molecule has 0 N–H and O–H groups in total. The molecule has 0 spiro atoms. The number of fused-ring (bicyclic) bond motifs is 1. The lowest BCUT2D eigenvalue weighted by Crippen LogP contribution is -2.31. The zero-order chi connectivity index (χ0) is 11.4. The maximum Gasteiger partial charge on any atom is 0.163 e. The molecule has 0 atom stereocenters. The van der Waals surface area contributed by atoms with Crippen molar-refractivity contribution in [3.63, 3.8) is 0 Å². The molecule has 0 saturated carbocycles. The highest BCUT2D eigenvalue weighted by molar-refractivity contribution is 5.94. The summed E-state index contributed by atoms with van der Waals surface area (Å²) in [7, 11) is 0. The van der Waals surface area contributed by atoms with E-state index in [1.165, 1.54) is 19.5 Å². The van der Waals surface area contributed by atoms with Crippen LogP contribution in [0.1, 0.15) is 17.3 Å². The highest BCUT2D eigenvalue weighted by atomic mass is 16.5. The van der Waals surface area contributed by atoms with E-state index in [-0.39, 0.29) is 5.78 Å². The van der Waals surface area contributed by atoms with Crippen molar-refractivity contribution in [2.24, 2.45) is 0 Å². The molecule has 1 aliphatic rings. The van der Waals surface area contributed by atoms with Crippen molar-refractivity contribution in [2.75, 3.05) is 6.61 Å². The van der Waals surface area contributed by atoms with E-state index in [1.807, 2.05) is 18.2 Å². The Bertz CT molecular complexity index is 565. The third-order valence-corrected chi connectivity index (χ3v) is 2.30. The first kappa shape index (κ1) is 10.5. The molecule has 16 heavy (non-hydrogen) atoms. The smallest absolute Gasteiger partial charge is 0.163 e. The molecule has 2 rings (SSSR count). The molecule has 2 heterocycles. The van der Waals surface area contributed by atoms with E-state index in [1.54, 1.807) is 12.3 Å². The van der Waals surface area contributed by atoms with E-state index in [4.69, 9.17) is 9.15 Å². The van der Waals surface area contributed by atoms with Crippen molar-refractivity contribution in [1.29, 1.82) is 0 Å². The number of Topliss-reactive ketones (excluding diaryl/α,β-unsaturated/α-hetero) is 1. The summed E-state index contributed by atoms with van der Waals surface area (Å²) in [6.07, 6.45) is 6.53. The lowest BCUT2D eigenvalue weighted by molar-refractivity contribution is 0.101. The van der Waals surface area contributed by atoms with Gasteiger partial charge in [-0.05, 0) is 24.3 Å². The number of carbonyl (C=O) groups is 1. The van der Waals surface area contributed by atoms with Crippen molar-refractivity contribution in [3.05, 3.63) is 46.7 Å². The predicted molar refractivity (Wildman–Crippen MR) is 60.5 cm³/mol. The van der Waals surface area contributed by atoms with E-state index in [2.05, 4.69) is 0 Å². The average Bonchev–Trinajstić information content (AvgIpc) is 2.38. The molecule has 3 heteroatoms. The summed E-state index contributed by atoms with van der Waals surface area (Å²) in [5, 5.41) is 1.74. The van der Waals surface area contributed by atoms with Crippen molar-refractivity contribution >= 4 is 18.1 Å². The molecule has 0 aromatic carbocycles. The lowest BCUT2D eigenvalue weighted by atomic mass is 10.1. The maximum absolute atomic E-state index is 11.5. The van der Waals surface area contributed by atoms with E-state index in [9.17, 15) is 4.79 Å². The Hall–Kier alpha value is -2.03. The third-order valence-electron chi connectivity index (χ3n) is 2.30. The number of ketones is 1. The molecule has 0 aliphatic carbocycles. The zero-order valence-electron chi connectivity index (χ0n) is 8.97. The largest absolute Gasteiger partial charge is 0.496 e. The quantitative estimate of drug-likeness (QED) is 0.661. The van der Waals surface area contributed by atoms with Gasteiger partial charge >= 0.3 is 0 Å². The topological polar surface area (TPSA) is 39.4 Å². The maximum atomic E-state index is 11.5. The van der Waals surface area contributed by atoms with Gasteiger partial charge in [0, 0.05) is 5.22 Å². The van der Waals surface area contributed by atoms with Gasteiger partial charge in [0.25, 0.3) is 0 Å². The molecule has 0 radical (unpaired) electrons. The van der Waals surface area contributed by atoms with Crippen molar-refractivity contribution in [3.8, 4) is 0 Å². The Morgan fingerprint density at radius 3 is 3.06 bits per heavy atom. The molecule has 0 amide bonds. The van der Waals surface area contributed by atoms with Crippen LogP contribution in [-0.2, 0) is 4.74 Å². The minimum atomic E-state index is -0.0252. The van der Waals surface area contributed by atoms with Gasteiger partial charge in [-0.2, -0.15) is 0 Å². The minimum Gasteiger partial charge on any atom is -0.496 e. The van der Waals surface area contributed by atoms with Crippen LogP contribution < -0.4 is 10.4 Å². The van der Waals surface area contributed by atoms with Crippen molar-refractivity contribution < 1.29 is 13.9 Å². The SMILES string of the molecule is CC(=O)c1coccccc2c1=CCOC=2. The summed E-state index contributed by atoms with van der Waals surface area (Å²) in [5.74, 6) is -0.0252. The van der Waals surface area contributed by atoms with E-state index < -0.39 is 0 Å². The van der Waals surface area contributed by atoms with Crippen LogP contribution in [0.5, 0.6) is 0 Å². The number of rotatable bonds is 1.